The van der Waals surface area contributed by atoms with Crippen molar-refractivity contribution < 1.29 is 9.90 Å². The third-order valence-electron chi connectivity index (χ3n) is 2.30. The summed E-state index contributed by atoms with van der Waals surface area (Å²) in [6, 6.07) is 0.888. The van der Waals surface area contributed by atoms with Gasteiger partial charge in [0.15, 0.2) is 0 Å². The van der Waals surface area contributed by atoms with E-state index in [4.69, 9.17) is 9.90 Å². The number of nitrogens with two attached hydrogens (primary N) is 1. The van der Waals surface area contributed by atoms with E-state index in [-0.39, 0.29) is 0 Å². The van der Waals surface area contributed by atoms with Crippen LogP contribution >= 0.6 is 0 Å². The Hall–Kier alpha value is -0.770. The summed E-state index contributed by atoms with van der Waals surface area (Å²) in [7, 11) is 4.38. The Morgan fingerprint density at radius 2 is 1.69 bits per heavy atom. The van der Waals surface area contributed by atoms with E-state index in [2.05, 4.69) is 24.7 Å². The van der Waals surface area contributed by atoms with Gasteiger partial charge in [-0.25, -0.2) is 4.79 Å². The Bertz CT molecular complexity index is 139. The second kappa shape index (κ2) is 6.71. The molecule has 3 N–H and O–H groups in total. The van der Waals surface area contributed by atoms with E-state index in [1.54, 1.807) is 0 Å². The number of rotatable bonds is 1. The van der Waals surface area contributed by atoms with Crippen molar-refractivity contribution in [1.29, 1.82) is 0 Å². The molecule has 1 fully saturated rings. The fourth-order valence-corrected chi connectivity index (χ4v) is 1.60. The fraction of sp³-hybridized carbons (Fsp3) is 0.889. The molecule has 0 aromatic heterocycles. The minimum absolute atomic E-state index is 0.888. The standard InChI is InChI=1S/C8H17N.CH3NO2/c1-9(2)8-6-4-3-5-7-8;2-1(3)4/h8H,3-7H2,1-2H3;2H2,(H,3,4). The van der Waals surface area contributed by atoms with E-state index in [1.807, 2.05) is 0 Å². The van der Waals surface area contributed by atoms with Crippen LogP contribution in [0.3, 0.4) is 0 Å². The van der Waals surface area contributed by atoms with Crippen molar-refractivity contribution in [2.75, 3.05) is 14.1 Å². The zero-order chi connectivity index (χ0) is 10.3. The van der Waals surface area contributed by atoms with Crippen LogP contribution in [0.15, 0.2) is 0 Å². The maximum Gasteiger partial charge on any atom is 0.402 e. The maximum absolute atomic E-state index is 8.78. The molecule has 4 heteroatoms. The van der Waals surface area contributed by atoms with E-state index in [0.717, 1.165) is 6.04 Å². The van der Waals surface area contributed by atoms with E-state index in [0.29, 0.717) is 0 Å². The van der Waals surface area contributed by atoms with Crippen molar-refractivity contribution >= 4 is 6.09 Å². The second-order valence-corrected chi connectivity index (χ2v) is 3.59. The summed E-state index contributed by atoms with van der Waals surface area (Å²) < 4.78 is 0. The van der Waals surface area contributed by atoms with Crippen LogP contribution in [0.2, 0.25) is 0 Å². The van der Waals surface area contributed by atoms with E-state index >= 15 is 0 Å². The van der Waals surface area contributed by atoms with E-state index in [1.165, 1.54) is 32.1 Å². The molecule has 0 saturated heterocycles. The molecule has 0 unspecified atom stereocenters. The summed E-state index contributed by atoms with van der Waals surface area (Å²) in [5.41, 5.74) is 4.03. The highest BCUT2D eigenvalue weighted by Crippen LogP contribution is 2.20. The molecule has 0 radical (unpaired) electrons. The minimum Gasteiger partial charge on any atom is -0.465 e. The third kappa shape index (κ3) is 7.59. The summed E-state index contributed by atoms with van der Waals surface area (Å²) in [4.78, 5) is 11.1. The van der Waals surface area contributed by atoms with Crippen molar-refractivity contribution in [2.45, 2.75) is 38.1 Å². The van der Waals surface area contributed by atoms with Gasteiger partial charge >= 0.3 is 6.09 Å². The molecule has 1 aliphatic carbocycles. The Labute approximate surface area is 79.7 Å². The van der Waals surface area contributed by atoms with Crippen molar-refractivity contribution in [3.05, 3.63) is 0 Å². The molecule has 78 valence electrons. The van der Waals surface area contributed by atoms with Crippen molar-refractivity contribution in [1.82, 2.24) is 4.90 Å². The molecule has 0 spiro atoms. The average Bonchev–Trinajstić information content (AvgIpc) is 2.05. The first kappa shape index (κ1) is 12.2. The summed E-state index contributed by atoms with van der Waals surface area (Å²) in [5, 5.41) is 7.19. The summed E-state index contributed by atoms with van der Waals surface area (Å²) in [5.74, 6) is 0. The highest BCUT2D eigenvalue weighted by molar-refractivity contribution is 5.61. The largest absolute Gasteiger partial charge is 0.465 e. The highest BCUT2D eigenvalue weighted by atomic mass is 16.4. The van der Waals surface area contributed by atoms with Gasteiger partial charge in [-0.3, -0.25) is 0 Å². The summed E-state index contributed by atoms with van der Waals surface area (Å²) >= 11 is 0. The molecule has 1 aliphatic rings. The number of hydrogen-bond donors (Lipinski definition) is 2. The lowest BCUT2D eigenvalue weighted by molar-refractivity contribution is 0.205. The molecule has 13 heavy (non-hydrogen) atoms. The maximum atomic E-state index is 8.78. The number of carbonyl (C=O) groups is 1. The molecule has 0 heterocycles. The highest BCUT2D eigenvalue weighted by Gasteiger charge is 2.13. The Morgan fingerprint density at radius 3 is 1.92 bits per heavy atom. The zero-order valence-corrected chi connectivity index (χ0v) is 8.49. The number of primary amides is 1. The number of amides is 1. The molecule has 0 atom stereocenters. The van der Waals surface area contributed by atoms with Crippen LogP contribution in [0.5, 0.6) is 0 Å². The Morgan fingerprint density at radius 1 is 1.31 bits per heavy atom. The Kier molecular flexibility index (Phi) is 6.32. The normalized spacial score (nSPS) is 17.8. The van der Waals surface area contributed by atoms with E-state index < -0.39 is 6.09 Å². The van der Waals surface area contributed by atoms with Crippen LogP contribution in [0.4, 0.5) is 4.79 Å². The quantitative estimate of drug-likeness (QED) is 0.655. The van der Waals surface area contributed by atoms with Gasteiger partial charge in [-0.2, -0.15) is 0 Å². The molecule has 1 amide bonds. The first-order chi connectivity index (χ1) is 6.04. The van der Waals surface area contributed by atoms with Crippen LogP contribution in [0, 0.1) is 0 Å². The molecule has 4 nitrogen and oxygen atoms in total. The zero-order valence-electron chi connectivity index (χ0n) is 8.49. The van der Waals surface area contributed by atoms with Crippen molar-refractivity contribution in [2.24, 2.45) is 5.73 Å². The number of carboxylic acid groups (broad SMARTS) is 1. The monoisotopic (exact) mass is 188 g/mol. The SMILES string of the molecule is CN(C)C1CCCCC1.NC(=O)O. The first-order valence-electron chi connectivity index (χ1n) is 4.69. The lowest BCUT2D eigenvalue weighted by Crippen LogP contribution is -2.29. The van der Waals surface area contributed by atoms with Crippen LogP contribution in [0.1, 0.15) is 32.1 Å². The van der Waals surface area contributed by atoms with Crippen LogP contribution in [-0.4, -0.2) is 36.2 Å². The van der Waals surface area contributed by atoms with Gasteiger partial charge in [-0.1, -0.05) is 19.3 Å². The molecular weight excluding hydrogens is 168 g/mol. The molecule has 1 saturated carbocycles. The van der Waals surface area contributed by atoms with Crippen LogP contribution in [-0.2, 0) is 0 Å². The molecular formula is C9H20N2O2. The minimum atomic E-state index is -1.33. The lowest BCUT2D eigenvalue weighted by atomic mass is 9.95. The van der Waals surface area contributed by atoms with Crippen LogP contribution < -0.4 is 5.73 Å². The average molecular weight is 188 g/mol. The number of hydrogen-bond acceptors (Lipinski definition) is 2. The van der Waals surface area contributed by atoms with Crippen LogP contribution in [0.25, 0.3) is 0 Å². The molecule has 0 aromatic carbocycles. The fourth-order valence-electron chi connectivity index (χ4n) is 1.60. The molecule has 0 bridgehead atoms. The van der Waals surface area contributed by atoms with Gasteiger partial charge in [0.1, 0.15) is 0 Å². The first-order valence-corrected chi connectivity index (χ1v) is 4.69. The van der Waals surface area contributed by atoms with Gasteiger partial charge in [0, 0.05) is 6.04 Å². The van der Waals surface area contributed by atoms with Gasteiger partial charge in [-0.15, -0.1) is 0 Å². The second-order valence-electron chi connectivity index (χ2n) is 3.59. The van der Waals surface area contributed by atoms with Gasteiger partial charge in [0.2, 0.25) is 0 Å². The topological polar surface area (TPSA) is 66.6 Å². The van der Waals surface area contributed by atoms with Gasteiger partial charge in [-0.05, 0) is 26.9 Å². The van der Waals surface area contributed by atoms with Crippen molar-refractivity contribution in [3.8, 4) is 0 Å². The Balaban J connectivity index is 0.000000310. The van der Waals surface area contributed by atoms with Gasteiger partial charge in [0.25, 0.3) is 0 Å². The summed E-state index contributed by atoms with van der Waals surface area (Å²) in [6.45, 7) is 0. The predicted octanol–water partition coefficient (Wildman–Crippen LogP) is 1.50. The van der Waals surface area contributed by atoms with E-state index in [9.17, 15) is 0 Å². The lowest BCUT2D eigenvalue weighted by Gasteiger charge is -2.27. The van der Waals surface area contributed by atoms with Gasteiger partial charge < -0.3 is 15.7 Å². The number of nitrogens with zero attached hydrogens (tertiary/aromatic N) is 1. The molecule has 0 aliphatic heterocycles. The van der Waals surface area contributed by atoms with Crippen molar-refractivity contribution in [3.63, 3.8) is 0 Å². The third-order valence-corrected chi connectivity index (χ3v) is 2.30. The predicted molar refractivity (Wildman–Crippen MR) is 52.8 cm³/mol. The summed E-state index contributed by atoms with van der Waals surface area (Å²) in [6.07, 6.45) is 5.87. The molecule has 1 rings (SSSR count). The molecule has 0 aromatic rings. The van der Waals surface area contributed by atoms with Gasteiger partial charge in [0.05, 0.1) is 0 Å². The smallest absolute Gasteiger partial charge is 0.402 e.